The number of hydrogen-bond donors (Lipinski definition) is 1. The molecule has 2 rings (SSSR count). The van der Waals surface area contributed by atoms with Gasteiger partial charge >= 0.3 is 0 Å². The molecule has 0 bridgehead atoms. The van der Waals surface area contributed by atoms with Gasteiger partial charge in [0.2, 0.25) is 0 Å². The van der Waals surface area contributed by atoms with Gasteiger partial charge in [0.25, 0.3) is 5.69 Å². The van der Waals surface area contributed by atoms with Crippen molar-refractivity contribution < 1.29 is 21.8 Å². The van der Waals surface area contributed by atoms with Crippen molar-refractivity contribution in [1.82, 2.24) is 0 Å². The maximum Gasteiger partial charge on any atom is 0.293 e. The molecule has 1 atom stereocenters. The van der Waals surface area contributed by atoms with E-state index in [2.05, 4.69) is 5.32 Å². The first-order valence-corrected chi connectivity index (χ1v) is 9.35. The summed E-state index contributed by atoms with van der Waals surface area (Å²) in [5.74, 6) is -0.196. The second-order valence-electron chi connectivity index (χ2n) is 4.62. The van der Waals surface area contributed by atoms with Gasteiger partial charge in [0, 0.05) is 17.7 Å². The summed E-state index contributed by atoms with van der Waals surface area (Å²) in [6, 6.07) is 2.86. The van der Waals surface area contributed by atoms with Gasteiger partial charge < -0.3 is 5.32 Å². The predicted molar refractivity (Wildman–Crippen MR) is 76.5 cm³/mol. The van der Waals surface area contributed by atoms with Crippen LogP contribution >= 0.6 is 0 Å². The molecule has 0 saturated heterocycles. The Kier molecular flexibility index (Phi) is 3.76. The Labute approximate surface area is 121 Å². The summed E-state index contributed by atoms with van der Waals surface area (Å²) in [4.78, 5) is 10.1. The number of nitrogens with one attached hydrogen (secondary N) is 1. The lowest BCUT2D eigenvalue weighted by Crippen LogP contribution is -2.21. The third-order valence-electron chi connectivity index (χ3n) is 2.87. The van der Waals surface area contributed by atoms with Gasteiger partial charge in [-0.1, -0.05) is 6.08 Å². The van der Waals surface area contributed by atoms with Gasteiger partial charge in [-0.25, -0.2) is 16.8 Å². The largest absolute Gasteiger partial charge is 0.372 e. The van der Waals surface area contributed by atoms with Crippen LogP contribution in [0.2, 0.25) is 0 Å². The summed E-state index contributed by atoms with van der Waals surface area (Å²) in [7, 11) is -6.85. The number of sulfone groups is 2. The van der Waals surface area contributed by atoms with Crippen molar-refractivity contribution in [2.45, 2.75) is 10.9 Å². The van der Waals surface area contributed by atoms with Crippen LogP contribution in [0.4, 0.5) is 11.4 Å². The van der Waals surface area contributed by atoms with Crippen LogP contribution in [0, 0.1) is 10.1 Å². The van der Waals surface area contributed by atoms with Crippen LogP contribution in [0.25, 0.3) is 0 Å². The van der Waals surface area contributed by atoms with Gasteiger partial charge in [0.15, 0.2) is 19.7 Å². The maximum atomic E-state index is 11.4. The lowest BCUT2D eigenvalue weighted by molar-refractivity contribution is -0.384. The monoisotopic (exact) mass is 332 g/mol. The number of nitro benzene ring substituents is 1. The van der Waals surface area contributed by atoms with E-state index in [1.165, 1.54) is 18.2 Å². The normalized spacial score (nSPS) is 20.3. The first kappa shape index (κ1) is 15.4. The number of rotatable bonds is 4. The summed E-state index contributed by atoms with van der Waals surface area (Å²) in [5.41, 5.74) is -0.352. The van der Waals surface area contributed by atoms with Gasteiger partial charge in [-0.3, -0.25) is 10.1 Å². The molecule has 8 nitrogen and oxygen atoms in total. The highest BCUT2D eigenvalue weighted by Crippen LogP contribution is 2.29. The van der Waals surface area contributed by atoms with E-state index in [9.17, 15) is 26.9 Å². The minimum atomic E-state index is -3.56. The Bertz CT molecular complexity index is 826. The Balaban J connectivity index is 2.37. The molecule has 21 heavy (non-hydrogen) atoms. The van der Waals surface area contributed by atoms with Crippen molar-refractivity contribution in [2.75, 3.05) is 17.3 Å². The number of benzene rings is 1. The van der Waals surface area contributed by atoms with Crippen LogP contribution in [0.1, 0.15) is 0 Å². The highest BCUT2D eigenvalue weighted by molar-refractivity contribution is 7.94. The molecule has 0 spiro atoms. The summed E-state index contributed by atoms with van der Waals surface area (Å²) in [6.07, 6.45) is 2.34. The van der Waals surface area contributed by atoms with E-state index in [1.807, 2.05) is 0 Å². The van der Waals surface area contributed by atoms with Crippen molar-refractivity contribution in [3.8, 4) is 0 Å². The smallest absolute Gasteiger partial charge is 0.293 e. The topological polar surface area (TPSA) is 123 Å². The number of anilines is 1. The Morgan fingerprint density at radius 2 is 2.05 bits per heavy atom. The molecule has 1 aromatic rings. The van der Waals surface area contributed by atoms with Crippen LogP contribution in [0.5, 0.6) is 0 Å². The van der Waals surface area contributed by atoms with Gasteiger partial charge in [0.05, 0.1) is 21.6 Å². The van der Waals surface area contributed by atoms with Crippen molar-refractivity contribution in [3.05, 3.63) is 39.8 Å². The maximum absolute atomic E-state index is 11.4. The van der Waals surface area contributed by atoms with Gasteiger partial charge in [-0.15, -0.1) is 0 Å². The second kappa shape index (κ2) is 5.11. The first-order chi connectivity index (χ1) is 9.58. The molecule has 114 valence electrons. The predicted octanol–water partition coefficient (Wildman–Crippen LogP) is 0.721. The highest BCUT2D eigenvalue weighted by atomic mass is 32.2. The summed E-state index contributed by atoms with van der Waals surface area (Å²) in [6.45, 7) is 0. The molecule has 1 aromatic carbocycles. The molecule has 1 aliphatic heterocycles. The minimum absolute atomic E-state index is 0.0687. The summed E-state index contributed by atoms with van der Waals surface area (Å²) < 4.78 is 45.4. The molecular formula is C11H12N2O6S2. The van der Waals surface area contributed by atoms with E-state index < -0.39 is 36.3 Å². The van der Waals surface area contributed by atoms with Crippen LogP contribution in [0.15, 0.2) is 34.6 Å². The van der Waals surface area contributed by atoms with Crippen LogP contribution in [0.3, 0.4) is 0 Å². The number of hydrogen-bond acceptors (Lipinski definition) is 7. The standard InChI is InChI=1S/C11H12N2O6S2/c1-20(16,17)9-2-3-10(11(6-9)13(14)15)12-8-4-5-21(18,19)7-8/h2-6,8,12H,7H2,1H3. The molecule has 1 heterocycles. The van der Waals surface area contributed by atoms with Gasteiger partial charge in [-0.2, -0.15) is 0 Å². The fourth-order valence-corrected chi connectivity index (χ4v) is 3.76. The number of nitro groups is 1. The van der Waals surface area contributed by atoms with Crippen molar-refractivity contribution in [2.24, 2.45) is 0 Å². The van der Waals surface area contributed by atoms with E-state index in [0.717, 1.165) is 17.7 Å². The SMILES string of the molecule is CS(=O)(=O)c1ccc(NC2C=CS(=O)(=O)C2)c([N+](=O)[O-])c1. The van der Waals surface area contributed by atoms with Crippen molar-refractivity contribution >= 4 is 31.0 Å². The third kappa shape index (κ3) is 3.58. The fraction of sp³-hybridized carbons (Fsp3) is 0.273. The Morgan fingerprint density at radius 1 is 1.38 bits per heavy atom. The molecule has 0 aromatic heterocycles. The Morgan fingerprint density at radius 3 is 2.52 bits per heavy atom. The molecule has 0 radical (unpaired) electrons. The zero-order valence-electron chi connectivity index (χ0n) is 10.9. The number of nitrogens with zero attached hydrogens (tertiary/aromatic N) is 1. The van der Waals surface area contributed by atoms with E-state index in [-0.39, 0.29) is 16.3 Å². The van der Waals surface area contributed by atoms with Crippen LogP contribution in [-0.4, -0.2) is 39.8 Å². The molecular weight excluding hydrogens is 320 g/mol. The summed E-state index contributed by atoms with van der Waals surface area (Å²) in [5, 5.41) is 14.8. The van der Waals surface area contributed by atoms with E-state index in [1.54, 1.807) is 0 Å². The van der Waals surface area contributed by atoms with E-state index in [0.29, 0.717) is 0 Å². The summed E-state index contributed by atoms with van der Waals surface area (Å²) >= 11 is 0. The van der Waals surface area contributed by atoms with E-state index >= 15 is 0 Å². The lowest BCUT2D eigenvalue weighted by Gasteiger charge is -2.12. The van der Waals surface area contributed by atoms with Gasteiger partial charge in [0.1, 0.15) is 5.69 Å². The van der Waals surface area contributed by atoms with Crippen LogP contribution < -0.4 is 5.32 Å². The van der Waals surface area contributed by atoms with Crippen LogP contribution in [-0.2, 0) is 19.7 Å². The quantitative estimate of drug-likeness (QED) is 0.636. The molecule has 10 heteroatoms. The zero-order chi connectivity index (χ0) is 15.8. The molecule has 0 saturated carbocycles. The zero-order valence-corrected chi connectivity index (χ0v) is 12.5. The average molecular weight is 332 g/mol. The van der Waals surface area contributed by atoms with Gasteiger partial charge in [-0.05, 0) is 12.1 Å². The lowest BCUT2D eigenvalue weighted by atomic mass is 10.2. The molecule has 0 fully saturated rings. The molecule has 1 aliphatic rings. The van der Waals surface area contributed by atoms with Crippen molar-refractivity contribution in [3.63, 3.8) is 0 Å². The van der Waals surface area contributed by atoms with Crippen molar-refractivity contribution in [1.29, 1.82) is 0 Å². The minimum Gasteiger partial charge on any atom is -0.372 e. The molecule has 1 N–H and O–H groups in total. The Hall–Kier alpha value is -1.94. The molecule has 1 unspecified atom stereocenters. The highest BCUT2D eigenvalue weighted by Gasteiger charge is 2.25. The first-order valence-electron chi connectivity index (χ1n) is 5.74. The average Bonchev–Trinajstić information content (AvgIpc) is 2.67. The molecule has 0 amide bonds. The molecule has 0 aliphatic carbocycles. The third-order valence-corrected chi connectivity index (χ3v) is 5.37. The second-order valence-corrected chi connectivity index (χ2v) is 8.56. The van der Waals surface area contributed by atoms with E-state index in [4.69, 9.17) is 0 Å². The fourth-order valence-electron chi connectivity index (χ4n) is 1.88.